The molecule has 1 aromatic heterocycles. The largest absolute Gasteiger partial charge is 0.444 e. The molecule has 1 saturated heterocycles. The Morgan fingerprint density at radius 2 is 2.22 bits per heavy atom. The van der Waals surface area contributed by atoms with Gasteiger partial charge in [0.2, 0.25) is 5.89 Å². The Hall–Kier alpha value is -1.48. The van der Waals surface area contributed by atoms with Gasteiger partial charge in [0, 0.05) is 36.4 Å². The molecule has 0 saturated carbocycles. The van der Waals surface area contributed by atoms with Crippen molar-refractivity contribution in [2.45, 2.75) is 39.8 Å². The van der Waals surface area contributed by atoms with Gasteiger partial charge in [0.1, 0.15) is 12.3 Å². The number of halogens is 2. The van der Waals surface area contributed by atoms with Gasteiger partial charge in [-0.1, -0.05) is 17.7 Å². The molecule has 0 aliphatic carbocycles. The van der Waals surface area contributed by atoms with E-state index in [-0.39, 0.29) is 24.0 Å². The van der Waals surface area contributed by atoms with Crippen LogP contribution in [0.2, 0.25) is 5.02 Å². The van der Waals surface area contributed by atoms with E-state index < -0.39 is 0 Å². The number of anilines is 1. The molecule has 2 heterocycles. The van der Waals surface area contributed by atoms with Gasteiger partial charge >= 0.3 is 0 Å². The first-order chi connectivity index (χ1) is 12.5. The van der Waals surface area contributed by atoms with Gasteiger partial charge in [-0.25, -0.2) is 9.98 Å². The first kappa shape index (κ1) is 21.8. The average Bonchev–Trinajstić information content (AvgIpc) is 3.20. The van der Waals surface area contributed by atoms with E-state index in [1.165, 1.54) is 0 Å². The molecule has 1 atom stereocenters. The van der Waals surface area contributed by atoms with Gasteiger partial charge in [0.25, 0.3) is 0 Å². The maximum Gasteiger partial charge on any atom is 0.216 e. The summed E-state index contributed by atoms with van der Waals surface area (Å²) < 4.78 is 5.60. The van der Waals surface area contributed by atoms with Crippen LogP contribution < -0.4 is 15.5 Å². The molecule has 0 spiro atoms. The van der Waals surface area contributed by atoms with E-state index in [2.05, 4.69) is 38.5 Å². The number of nitrogens with zero attached hydrogens (tertiary/aromatic N) is 3. The molecule has 2 N–H and O–H groups in total. The summed E-state index contributed by atoms with van der Waals surface area (Å²) in [6, 6.07) is 8.33. The molecule has 1 unspecified atom stereocenters. The van der Waals surface area contributed by atoms with Crippen LogP contribution in [0.1, 0.15) is 30.7 Å². The Labute approximate surface area is 182 Å². The fourth-order valence-corrected chi connectivity index (χ4v) is 3.24. The second-order valence-corrected chi connectivity index (χ2v) is 6.94. The van der Waals surface area contributed by atoms with Gasteiger partial charge < -0.3 is 20.0 Å². The zero-order valence-electron chi connectivity index (χ0n) is 16.0. The van der Waals surface area contributed by atoms with Crippen LogP contribution in [-0.2, 0) is 6.54 Å². The first-order valence-corrected chi connectivity index (χ1v) is 9.41. The summed E-state index contributed by atoms with van der Waals surface area (Å²) in [5, 5.41) is 7.58. The number of benzene rings is 1. The number of aryl methyl sites for hydroxylation is 2. The topological polar surface area (TPSA) is 65.7 Å². The van der Waals surface area contributed by atoms with E-state index in [9.17, 15) is 0 Å². The van der Waals surface area contributed by atoms with Gasteiger partial charge in [0.05, 0.1) is 5.69 Å². The zero-order chi connectivity index (χ0) is 18.5. The lowest BCUT2D eigenvalue weighted by molar-refractivity contribution is 0.472. The van der Waals surface area contributed by atoms with Crippen molar-refractivity contribution in [1.29, 1.82) is 0 Å². The summed E-state index contributed by atoms with van der Waals surface area (Å²) >= 11 is 6.11. The molecule has 148 valence electrons. The summed E-state index contributed by atoms with van der Waals surface area (Å²) in [4.78, 5) is 11.3. The lowest BCUT2D eigenvalue weighted by atomic mass is 10.3. The summed E-state index contributed by atoms with van der Waals surface area (Å²) in [6.07, 6.45) is 1.05. The Balaban J connectivity index is 0.00000261. The SMILES string of the molecule is CCNC(=NCc1nc(C)c(C)o1)NC1CCN(c2cccc(Cl)c2)C1.I. The third-order valence-electron chi connectivity index (χ3n) is 4.49. The molecule has 27 heavy (non-hydrogen) atoms. The smallest absolute Gasteiger partial charge is 0.216 e. The summed E-state index contributed by atoms with van der Waals surface area (Å²) in [5.41, 5.74) is 2.08. The number of nitrogens with one attached hydrogen (secondary N) is 2. The van der Waals surface area contributed by atoms with Crippen molar-refractivity contribution in [3.8, 4) is 0 Å². The molecular weight excluding hydrogens is 477 g/mol. The van der Waals surface area contributed by atoms with Crippen LogP contribution in [0.3, 0.4) is 0 Å². The van der Waals surface area contributed by atoms with Crippen molar-refractivity contribution in [3.63, 3.8) is 0 Å². The van der Waals surface area contributed by atoms with Crippen molar-refractivity contribution in [1.82, 2.24) is 15.6 Å². The van der Waals surface area contributed by atoms with Crippen LogP contribution in [0.25, 0.3) is 0 Å². The summed E-state index contributed by atoms with van der Waals surface area (Å²) in [7, 11) is 0. The minimum Gasteiger partial charge on any atom is -0.444 e. The van der Waals surface area contributed by atoms with E-state index in [4.69, 9.17) is 16.0 Å². The number of aromatic nitrogens is 1. The molecule has 1 aromatic carbocycles. The predicted octanol–water partition coefficient (Wildman–Crippen LogP) is 3.90. The highest BCUT2D eigenvalue weighted by Gasteiger charge is 2.23. The van der Waals surface area contributed by atoms with Crippen molar-refractivity contribution < 1.29 is 4.42 Å². The van der Waals surface area contributed by atoms with Crippen molar-refractivity contribution >= 4 is 47.2 Å². The van der Waals surface area contributed by atoms with Crippen LogP contribution >= 0.6 is 35.6 Å². The maximum atomic E-state index is 6.11. The van der Waals surface area contributed by atoms with Crippen LogP contribution in [-0.4, -0.2) is 36.6 Å². The third kappa shape index (κ3) is 6.00. The number of hydrogen-bond donors (Lipinski definition) is 2. The van der Waals surface area contributed by atoms with Crippen molar-refractivity contribution in [2.24, 2.45) is 4.99 Å². The fourth-order valence-electron chi connectivity index (χ4n) is 3.05. The molecule has 8 heteroatoms. The highest BCUT2D eigenvalue weighted by atomic mass is 127. The number of oxazole rings is 1. The van der Waals surface area contributed by atoms with Gasteiger partial charge in [-0.2, -0.15) is 0 Å². The molecule has 1 fully saturated rings. The van der Waals surface area contributed by atoms with Gasteiger partial charge in [-0.05, 0) is 45.4 Å². The van der Waals surface area contributed by atoms with E-state index in [0.717, 1.165) is 54.2 Å². The molecule has 1 aliphatic heterocycles. The highest BCUT2D eigenvalue weighted by molar-refractivity contribution is 14.0. The van der Waals surface area contributed by atoms with Gasteiger partial charge in [-0.3, -0.25) is 0 Å². The molecule has 1 aliphatic rings. The van der Waals surface area contributed by atoms with Crippen LogP contribution in [0.5, 0.6) is 0 Å². The lowest BCUT2D eigenvalue weighted by Crippen LogP contribution is -2.44. The van der Waals surface area contributed by atoms with Crippen molar-refractivity contribution in [2.75, 3.05) is 24.5 Å². The van der Waals surface area contributed by atoms with E-state index in [1.54, 1.807) is 0 Å². The van der Waals surface area contributed by atoms with E-state index in [0.29, 0.717) is 18.5 Å². The second-order valence-electron chi connectivity index (χ2n) is 6.50. The quantitative estimate of drug-likeness (QED) is 0.368. The van der Waals surface area contributed by atoms with Crippen LogP contribution in [0.15, 0.2) is 33.7 Å². The van der Waals surface area contributed by atoms with Gasteiger partial charge in [-0.15, -0.1) is 24.0 Å². The predicted molar refractivity (Wildman–Crippen MR) is 121 cm³/mol. The molecule has 0 amide bonds. The normalized spacial score (nSPS) is 17.0. The minimum atomic E-state index is 0. The highest BCUT2D eigenvalue weighted by Crippen LogP contribution is 2.23. The molecule has 2 aromatic rings. The number of rotatable bonds is 5. The lowest BCUT2D eigenvalue weighted by Gasteiger charge is -2.20. The zero-order valence-corrected chi connectivity index (χ0v) is 19.0. The third-order valence-corrected chi connectivity index (χ3v) is 4.73. The monoisotopic (exact) mass is 503 g/mol. The number of hydrogen-bond acceptors (Lipinski definition) is 4. The van der Waals surface area contributed by atoms with Crippen molar-refractivity contribution in [3.05, 3.63) is 46.6 Å². The first-order valence-electron chi connectivity index (χ1n) is 9.03. The standard InChI is InChI=1S/C19H26ClN5O.HI/c1-4-21-19(22-11-18-23-13(2)14(3)26-18)24-16-8-9-25(12-16)17-7-5-6-15(20)10-17;/h5-7,10,16H,4,8-9,11-12H2,1-3H3,(H2,21,22,24);1H. The van der Waals surface area contributed by atoms with Gasteiger partial charge in [0.15, 0.2) is 5.96 Å². The van der Waals surface area contributed by atoms with E-state index in [1.807, 2.05) is 32.0 Å². The molecule has 0 radical (unpaired) electrons. The Bertz CT molecular complexity index is 760. The maximum absolute atomic E-state index is 6.11. The molecule has 0 bridgehead atoms. The second kappa shape index (κ2) is 10.2. The Kier molecular flexibility index (Phi) is 8.22. The Morgan fingerprint density at radius 3 is 2.89 bits per heavy atom. The Morgan fingerprint density at radius 1 is 1.41 bits per heavy atom. The molecule has 3 rings (SSSR count). The van der Waals surface area contributed by atoms with Crippen LogP contribution in [0, 0.1) is 13.8 Å². The summed E-state index contributed by atoms with van der Waals surface area (Å²) in [5.74, 6) is 2.28. The minimum absolute atomic E-state index is 0. The number of guanidine groups is 1. The number of aliphatic imine (C=N–C) groups is 1. The summed E-state index contributed by atoms with van der Waals surface area (Å²) in [6.45, 7) is 9.07. The average molecular weight is 504 g/mol. The molecular formula is C19H27ClIN5O. The molecule has 6 nitrogen and oxygen atoms in total. The fraction of sp³-hybridized carbons (Fsp3) is 0.474. The van der Waals surface area contributed by atoms with E-state index >= 15 is 0 Å². The van der Waals surface area contributed by atoms with Crippen LogP contribution in [0.4, 0.5) is 5.69 Å².